The fourth-order valence-corrected chi connectivity index (χ4v) is 2.69. The SMILES string of the molecule is CC(Nc1nccc(C(=O)Nc2cc(Cl)ccc2Cl)n1)c1ccccc1. The van der Waals surface area contributed by atoms with E-state index in [1.54, 1.807) is 18.2 Å². The summed E-state index contributed by atoms with van der Waals surface area (Å²) < 4.78 is 0. The molecule has 0 radical (unpaired) electrons. The van der Waals surface area contributed by atoms with Crippen molar-refractivity contribution in [3.63, 3.8) is 0 Å². The zero-order chi connectivity index (χ0) is 18.5. The van der Waals surface area contributed by atoms with Crippen molar-refractivity contribution < 1.29 is 4.79 Å². The van der Waals surface area contributed by atoms with E-state index in [0.717, 1.165) is 5.56 Å². The number of hydrogen-bond acceptors (Lipinski definition) is 4. The van der Waals surface area contributed by atoms with Crippen molar-refractivity contribution in [1.82, 2.24) is 9.97 Å². The Kier molecular flexibility index (Phi) is 5.71. The van der Waals surface area contributed by atoms with Gasteiger partial charge in [-0.3, -0.25) is 4.79 Å². The number of rotatable bonds is 5. The summed E-state index contributed by atoms with van der Waals surface area (Å²) in [4.78, 5) is 20.9. The second-order valence-corrected chi connectivity index (χ2v) is 6.46. The number of carbonyl (C=O) groups is 1. The maximum atomic E-state index is 12.5. The average molecular weight is 387 g/mol. The van der Waals surface area contributed by atoms with Gasteiger partial charge in [-0.05, 0) is 36.8 Å². The lowest BCUT2D eigenvalue weighted by atomic mass is 10.1. The number of nitrogens with one attached hydrogen (secondary N) is 2. The van der Waals surface area contributed by atoms with Gasteiger partial charge in [0, 0.05) is 11.2 Å². The molecular formula is C19H16Cl2N4O. The third kappa shape index (κ3) is 4.50. The summed E-state index contributed by atoms with van der Waals surface area (Å²) in [7, 11) is 0. The first-order chi connectivity index (χ1) is 12.5. The highest BCUT2D eigenvalue weighted by atomic mass is 35.5. The highest BCUT2D eigenvalue weighted by Gasteiger charge is 2.13. The zero-order valence-corrected chi connectivity index (χ0v) is 15.4. The molecule has 1 heterocycles. The molecule has 3 rings (SSSR count). The minimum atomic E-state index is -0.396. The van der Waals surface area contributed by atoms with Crippen LogP contribution in [0.5, 0.6) is 0 Å². The molecule has 2 N–H and O–H groups in total. The van der Waals surface area contributed by atoms with Crippen molar-refractivity contribution in [2.24, 2.45) is 0 Å². The molecule has 132 valence electrons. The smallest absolute Gasteiger partial charge is 0.274 e. The first kappa shape index (κ1) is 18.2. The fourth-order valence-electron chi connectivity index (χ4n) is 2.35. The normalized spacial score (nSPS) is 11.7. The van der Waals surface area contributed by atoms with Gasteiger partial charge in [0.25, 0.3) is 5.91 Å². The average Bonchev–Trinajstić information content (AvgIpc) is 2.65. The van der Waals surface area contributed by atoms with Crippen LogP contribution >= 0.6 is 23.2 Å². The van der Waals surface area contributed by atoms with Crippen molar-refractivity contribution >= 4 is 40.7 Å². The number of amides is 1. The van der Waals surface area contributed by atoms with Crippen LogP contribution in [0.3, 0.4) is 0 Å². The first-order valence-electron chi connectivity index (χ1n) is 7.94. The van der Waals surface area contributed by atoms with Gasteiger partial charge < -0.3 is 10.6 Å². The third-order valence-corrected chi connectivity index (χ3v) is 4.27. The third-order valence-electron chi connectivity index (χ3n) is 3.71. The Bertz CT molecular complexity index is 918. The van der Waals surface area contributed by atoms with Gasteiger partial charge in [-0.25, -0.2) is 9.97 Å². The Morgan fingerprint density at radius 3 is 2.62 bits per heavy atom. The van der Waals surface area contributed by atoms with Crippen LogP contribution in [-0.2, 0) is 0 Å². The molecule has 0 aliphatic carbocycles. The molecule has 0 aliphatic rings. The summed E-state index contributed by atoms with van der Waals surface area (Å²) in [5, 5.41) is 6.77. The lowest BCUT2D eigenvalue weighted by Crippen LogP contribution is -2.16. The quantitative estimate of drug-likeness (QED) is 0.631. The Labute approximate surface area is 161 Å². The molecule has 0 aliphatic heterocycles. The van der Waals surface area contributed by atoms with Crippen LogP contribution in [0.2, 0.25) is 10.0 Å². The standard InChI is InChI=1S/C19H16Cl2N4O/c1-12(13-5-3-2-4-6-13)23-19-22-10-9-16(25-19)18(26)24-17-11-14(20)7-8-15(17)21/h2-12H,1H3,(H,24,26)(H,22,23,25). The molecule has 7 heteroatoms. The minimum absolute atomic E-state index is 0.00288. The first-order valence-corrected chi connectivity index (χ1v) is 8.69. The maximum absolute atomic E-state index is 12.5. The van der Waals surface area contributed by atoms with Gasteiger partial charge in [0.1, 0.15) is 5.69 Å². The van der Waals surface area contributed by atoms with Gasteiger partial charge in [-0.2, -0.15) is 0 Å². The second kappa shape index (κ2) is 8.17. The van der Waals surface area contributed by atoms with E-state index in [1.165, 1.54) is 12.3 Å². The number of carbonyl (C=O) groups excluding carboxylic acids is 1. The molecule has 1 unspecified atom stereocenters. The Balaban J connectivity index is 1.74. The molecule has 26 heavy (non-hydrogen) atoms. The summed E-state index contributed by atoms with van der Waals surface area (Å²) in [6, 6.07) is 16.3. The molecule has 0 saturated heterocycles. The Morgan fingerprint density at radius 2 is 1.85 bits per heavy atom. The second-order valence-electron chi connectivity index (χ2n) is 5.62. The van der Waals surface area contributed by atoms with E-state index in [-0.39, 0.29) is 11.7 Å². The molecular weight excluding hydrogens is 371 g/mol. The van der Waals surface area contributed by atoms with E-state index in [1.807, 2.05) is 37.3 Å². The number of benzene rings is 2. The molecule has 0 spiro atoms. The van der Waals surface area contributed by atoms with E-state index in [0.29, 0.717) is 21.7 Å². The minimum Gasteiger partial charge on any atom is -0.348 e. The monoisotopic (exact) mass is 386 g/mol. The predicted octanol–water partition coefficient (Wildman–Crippen LogP) is 5.21. The summed E-state index contributed by atoms with van der Waals surface area (Å²) in [6.45, 7) is 2.00. The number of anilines is 2. The molecule has 1 amide bonds. The molecule has 2 aromatic carbocycles. The van der Waals surface area contributed by atoms with Gasteiger partial charge in [-0.1, -0.05) is 53.5 Å². The van der Waals surface area contributed by atoms with Crippen LogP contribution < -0.4 is 10.6 Å². The van der Waals surface area contributed by atoms with Crippen molar-refractivity contribution in [2.45, 2.75) is 13.0 Å². The molecule has 3 aromatic rings. The van der Waals surface area contributed by atoms with Crippen LogP contribution in [0.15, 0.2) is 60.8 Å². The van der Waals surface area contributed by atoms with E-state index in [9.17, 15) is 4.79 Å². The fraction of sp³-hybridized carbons (Fsp3) is 0.105. The van der Waals surface area contributed by atoms with Crippen molar-refractivity contribution in [2.75, 3.05) is 10.6 Å². The number of aromatic nitrogens is 2. The molecule has 1 atom stereocenters. The van der Waals surface area contributed by atoms with Gasteiger partial charge in [-0.15, -0.1) is 0 Å². The van der Waals surface area contributed by atoms with Crippen LogP contribution in [0, 0.1) is 0 Å². The summed E-state index contributed by atoms with van der Waals surface area (Å²) in [5.74, 6) is -0.0295. The topological polar surface area (TPSA) is 66.9 Å². The van der Waals surface area contributed by atoms with Crippen LogP contribution in [-0.4, -0.2) is 15.9 Å². The molecule has 0 fully saturated rings. The summed E-state index contributed by atoms with van der Waals surface area (Å²) in [6.07, 6.45) is 1.53. The van der Waals surface area contributed by atoms with Gasteiger partial charge >= 0.3 is 0 Å². The maximum Gasteiger partial charge on any atom is 0.274 e. The lowest BCUT2D eigenvalue weighted by Gasteiger charge is -2.14. The van der Waals surface area contributed by atoms with Gasteiger partial charge in [0.2, 0.25) is 5.95 Å². The molecule has 0 bridgehead atoms. The van der Waals surface area contributed by atoms with Crippen molar-refractivity contribution in [3.8, 4) is 0 Å². The number of nitrogens with zero attached hydrogens (tertiary/aromatic N) is 2. The largest absolute Gasteiger partial charge is 0.348 e. The van der Waals surface area contributed by atoms with Crippen LogP contribution in [0.1, 0.15) is 29.0 Å². The molecule has 5 nitrogen and oxygen atoms in total. The lowest BCUT2D eigenvalue weighted by molar-refractivity contribution is 0.102. The van der Waals surface area contributed by atoms with E-state index in [4.69, 9.17) is 23.2 Å². The van der Waals surface area contributed by atoms with E-state index < -0.39 is 5.91 Å². The highest BCUT2D eigenvalue weighted by molar-refractivity contribution is 6.35. The van der Waals surface area contributed by atoms with Crippen molar-refractivity contribution in [1.29, 1.82) is 0 Å². The Hall–Kier alpha value is -2.63. The van der Waals surface area contributed by atoms with Gasteiger partial charge in [0.05, 0.1) is 16.8 Å². The zero-order valence-electron chi connectivity index (χ0n) is 13.9. The molecule has 1 aromatic heterocycles. The summed E-state index contributed by atoms with van der Waals surface area (Å²) in [5.41, 5.74) is 1.74. The van der Waals surface area contributed by atoms with Crippen LogP contribution in [0.25, 0.3) is 0 Å². The molecule has 0 saturated carbocycles. The Morgan fingerprint density at radius 1 is 1.08 bits per heavy atom. The number of hydrogen-bond donors (Lipinski definition) is 2. The predicted molar refractivity (Wildman–Crippen MR) is 105 cm³/mol. The van der Waals surface area contributed by atoms with Gasteiger partial charge in [0.15, 0.2) is 0 Å². The van der Waals surface area contributed by atoms with Crippen molar-refractivity contribution in [3.05, 3.63) is 82.1 Å². The summed E-state index contributed by atoms with van der Waals surface area (Å²) >= 11 is 12.0. The highest BCUT2D eigenvalue weighted by Crippen LogP contribution is 2.26. The van der Waals surface area contributed by atoms with E-state index >= 15 is 0 Å². The van der Waals surface area contributed by atoms with Crippen LogP contribution in [0.4, 0.5) is 11.6 Å². The number of halogens is 2. The van der Waals surface area contributed by atoms with E-state index in [2.05, 4.69) is 20.6 Å².